The molecule has 0 saturated carbocycles. The molecule has 2 aromatic rings. The highest BCUT2D eigenvalue weighted by Gasteiger charge is 2.34. The summed E-state index contributed by atoms with van der Waals surface area (Å²) < 4.78 is 12.3. The number of pyridine rings is 1. The van der Waals surface area contributed by atoms with Gasteiger partial charge in [-0.15, -0.1) is 11.8 Å². The summed E-state index contributed by atoms with van der Waals surface area (Å²) in [4.78, 5) is 45.3. The third kappa shape index (κ3) is 6.61. The summed E-state index contributed by atoms with van der Waals surface area (Å²) in [5.41, 5.74) is 3.05. The van der Waals surface area contributed by atoms with Gasteiger partial charge in [0.15, 0.2) is 0 Å². The number of aromatic nitrogens is 1. The van der Waals surface area contributed by atoms with Crippen LogP contribution in [-0.2, 0) is 20.9 Å². The van der Waals surface area contributed by atoms with Gasteiger partial charge in [-0.2, -0.15) is 0 Å². The molecule has 1 unspecified atom stereocenters. The Hall–Kier alpha value is -2.53. The highest BCUT2D eigenvalue weighted by atomic mass is 35.5. The molecule has 36 heavy (non-hydrogen) atoms. The molecule has 2 aliphatic rings. The second kappa shape index (κ2) is 11.2. The Labute approximate surface area is 218 Å². The smallest absolute Gasteiger partial charge is 0.408 e. The van der Waals surface area contributed by atoms with E-state index in [1.807, 2.05) is 12.1 Å². The molecule has 4 rings (SSSR count). The molecule has 1 saturated heterocycles. The first-order chi connectivity index (χ1) is 17.1. The lowest BCUT2D eigenvalue weighted by atomic mass is 10.1. The number of nitrogens with one attached hydrogen (secondary N) is 2. The second-order valence-corrected chi connectivity index (χ2v) is 11.2. The molecular formula is C25H30ClN3O6S. The zero-order valence-corrected chi connectivity index (χ0v) is 22.0. The molecule has 2 amide bonds. The van der Waals surface area contributed by atoms with Crippen LogP contribution in [0.3, 0.4) is 0 Å². The first-order valence-corrected chi connectivity index (χ1v) is 13.1. The van der Waals surface area contributed by atoms with Gasteiger partial charge in [0.2, 0.25) is 0 Å². The Morgan fingerprint density at radius 1 is 1.25 bits per heavy atom. The third-order valence-electron chi connectivity index (χ3n) is 5.65. The van der Waals surface area contributed by atoms with Gasteiger partial charge in [-0.25, -0.2) is 10.3 Å². The Morgan fingerprint density at radius 2 is 2.00 bits per heavy atom. The number of halogens is 1. The Morgan fingerprint density at radius 3 is 2.67 bits per heavy atom. The van der Waals surface area contributed by atoms with Crippen LogP contribution in [0.5, 0.6) is 0 Å². The standard InChI is InChI=1S/C25H30ClN3O6S/c1-25(2,3)34-24(32)27-19-14-36-21-18(22(30)28-35-17-5-4-10-33-13-17)12-29(23(31)20(19)21)11-15-6-8-16(26)9-7-15/h6-9,12,17,19H,4-5,10-11,13-14H2,1-3H3,(H,27,32)(H,28,30)/t17?,19-/m0/s1. The number of hydrogen-bond acceptors (Lipinski definition) is 7. The molecule has 11 heteroatoms. The lowest BCUT2D eigenvalue weighted by molar-refractivity contribution is -0.0823. The average Bonchev–Trinajstić information content (AvgIpc) is 3.24. The quantitative estimate of drug-likeness (QED) is 0.537. The highest BCUT2D eigenvalue weighted by molar-refractivity contribution is 7.99. The summed E-state index contributed by atoms with van der Waals surface area (Å²) in [5, 5.41) is 3.37. The largest absolute Gasteiger partial charge is 0.444 e. The van der Waals surface area contributed by atoms with E-state index in [0.717, 1.165) is 18.4 Å². The minimum absolute atomic E-state index is 0.227. The molecule has 3 heterocycles. The van der Waals surface area contributed by atoms with Crippen LogP contribution in [0.25, 0.3) is 0 Å². The summed E-state index contributed by atoms with van der Waals surface area (Å²) in [6.45, 7) is 6.61. The van der Waals surface area contributed by atoms with Crippen molar-refractivity contribution in [3.8, 4) is 0 Å². The normalized spacial score (nSPS) is 19.4. The van der Waals surface area contributed by atoms with Crippen LogP contribution < -0.4 is 16.4 Å². The van der Waals surface area contributed by atoms with E-state index >= 15 is 0 Å². The van der Waals surface area contributed by atoms with Crippen LogP contribution in [0.1, 0.15) is 61.1 Å². The number of nitrogens with zero attached hydrogens (tertiary/aromatic N) is 1. The molecule has 2 N–H and O–H groups in total. The van der Waals surface area contributed by atoms with Crippen molar-refractivity contribution >= 4 is 35.4 Å². The maximum atomic E-state index is 13.5. The Kier molecular flexibility index (Phi) is 8.29. The SMILES string of the molecule is CC(C)(C)OC(=O)N[C@H]1CSc2c(C(=O)NOC3CCCOC3)cn(Cc3ccc(Cl)cc3)c(=O)c21. The highest BCUT2D eigenvalue weighted by Crippen LogP contribution is 2.38. The number of carbonyl (C=O) groups is 2. The van der Waals surface area contributed by atoms with Crippen LogP contribution >= 0.6 is 23.4 Å². The number of ether oxygens (including phenoxy) is 2. The molecule has 0 bridgehead atoms. The van der Waals surface area contributed by atoms with Gasteiger partial charge in [-0.3, -0.25) is 14.4 Å². The van der Waals surface area contributed by atoms with Crippen molar-refractivity contribution in [1.29, 1.82) is 0 Å². The van der Waals surface area contributed by atoms with Crippen molar-refractivity contribution in [1.82, 2.24) is 15.4 Å². The molecule has 0 radical (unpaired) electrons. The van der Waals surface area contributed by atoms with Crippen LogP contribution in [0.4, 0.5) is 4.79 Å². The number of rotatable bonds is 6. The maximum absolute atomic E-state index is 13.5. The van der Waals surface area contributed by atoms with Crippen molar-refractivity contribution in [3.05, 3.63) is 62.5 Å². The fourth-order valence-corrected chi connectivity index (χ4v) is 5.40. The third-order valence-corrected chi connectivity index (χ3v) is 7.13. The zero-order valence-electron chi connectivity index (χ0n) is 20.5. The number of amides is 2. The van der Waals surface area contributed by atoms with Crippen molar-refractivity contribution < 1.29 is 23.9 Å². The minimum atomic E-state index is -0.685. The lowest BCUT2D eigenvalue weighted by Crippen LogP contribution is -2.39. The lowest BCUT2D eigenvalue weighted by Gasteiger charge is -2.23. The van der Waals surface area contributed by atoms with E-state index in [4.69, 9.17) is 25.9 Å². The van der Waals surface area contributed by atoms with Gasteiger partial charge in [0.25, 0.3) is 11.5 Å². The van der Waals surface area contributed by atoms with Gasteiger partial charge < -0.3 is 19.4 Å². The fourth-order valence-electron chi connectivity index (χ4n) is 4.01. The van der Waals surface area contributed by atoms with Crippen LogP contribution in [0.15, 0.2) is 40.2 Å². The monoisotopic (exact) mass is 535 g/mol. The van der Waals surface area contributed by atoms with Gasteiger partial charge in [-0.05, 0) is 51.3 Å². The second-order valence-electron chi connectivity index (χ2n) is 9.74. The van der Waals surface area contributed by atoms with E-state index in [2.05, 4.69) is 10.8 Å². The molecule has 2 atom stereocenters. The fraction of sp³-hybridized carbons (Fsp3) is 0.480. The van der Waals surface area contributed by atoms with Gasteiger partial charge in [-0.1, -0.05) is 23.7 Å². The molecular weight excluding hydrogens is 506 g/mol. The topological polar surface area (TPSA) is 108 Å². The van der Waals surface area contributed by atoms with E-state index in [9.17, 15) is 14.4 Å². The summed E-state index contributed by atoms with van der Waals surface area (Å²) in [6.07, 6.45) is 2.32. The van der Waals surface area contributed by atoms with E-state index in [-0.39, 0.29) is 18.2 Å². The summed E-state index contributed by atoms with van der Waals surface area (Å²) in [6, 6.07) is 6.51. The molecule has 9 nitrogen and oxygen atoms in total. The molecule has 194 valence electrons. The number of benzene rings is 1. The van der Waals surface area contributed by atoms with Crippen molar-refractivity contribution in [2.45, 2.75) is 62.8 Å². The van der Waals surface area contributed by atoms with Gasteiger partial charge in [0, 0.05) is 28.5 Å². The molecule has 1 fully saturated rings. The molecule has 1 aromatic heterocycles. The summed E-state index contributed by atoms with van der Waals surface area (Å²) >= 11 is 7.34. The Bertz CT molecular complexity index is 1170. The van der Waals surface area contributed by atoms with Crippen molar-refractivity contribution in [3.63, 3.8) is 0 Å². The summed E-state index contributed by atoms with van der Waals surface area (Å²) in [7, 11) is 0. The predicted molar refractivity (Wildman–Crippen MR) is 136 cm³/mol. The predicted octanol–water partition coefficient (Wildman–Crippen LogP) is 4.06. The average molecular weight is 536 g/mol. The molecule has 0 spiro atoms. The van der Waals surface area contributed by atoms with E-state index in [0.29, 0.717) is 40.0 Å². The first-order valence-electron chi connectivity index (χ1n) is 11.8. The van der Waals surface area contributed by atoms with E-state index in [1.165, 1.54) is 22.5 Å². The number of fused-ring (bicyclic) bond motifs is 1. The van der Waals surface area contributed by atoms with E-state index in [1.54, 1.807) is 32.9 Å². The number of hydroxylamine groups is 1. The maximum Gasteiger partial charge on any atom is 0.408 e. The Balaban J connectivity index is 1.64. The van der Waals surface area contributed by atoms with E-state index < -0.39 is 23.6 Å². The van der Waals surface area contributed by atoms with Gasteiger partial charge in [0.1, 0.15) is 11.7 Å². The number of thioether (sulfide) groups is 1. The van der Waals surface area contributed by atoms with Crippen LogP contribution in [-0.4, -0.2) is 47.2 Å². The van der Waals surface area contributed by atoms with Crippen LogP contribution in [0.2, 0.25) is 5.02 Å². The molecule has 1 aromatic carbocycles. The van der Waals surface area contributed by atoms with Gasteiger partial charge >= 0.3 is 6.09 Å². The summed E-state index contributed by atoms with van der Waals surface area (Å²) in [5.74, 6) is -0.0704. The van der Waals surface area contributed by atoms with Gasteiger partial charge in [0.05, 0.1) is 30.3 Å². The first kappa shape index (κ1) is 26.5. The van der Waals surface area contributed by atoms with Crippen molar-refractivity contribution in [2.75, 3.05) is 19.0 Å². The van der Waals surface area contributed by atoms with Crippen LogP contribution in [0, 0.1) is 0 Å². The number of hydrogen-bond donors (Lipinski definition) is 2. The number of carbonyl (C=O) groups excluding carboxylic acids is 2. The van der Waals surface area contributed by atoms with Crippen molar-refractivity contribution in [2.24, 2.45) is 0 Å². The molecule has 0 aliphatic carbocycles. The zero-order chi connectivity index (χ0) is 25.9. The molecule has 2 aliphatic heterocycles. The number of alkyl carbamates (subject to hydrolysis) is 1. The minimum Gasteiger partial charge on any atom is -0.444 e.